The summed E-state index contributed by atoms with van der Waals surface area (Å²) in [5.41, 5.74) is -0.498. The molecule has 2 N–H and O–H groups in total. The first-order valence-electron chi connectivity index (χ1n) is 7.05. The number of alkyl carbamates (subject to hydrolysis) is 1. The average molecular weight is 286 g/mol. The fourth-order valence-corrected chi connectivity index (χ4v) is 2.17. The van der Waals surface area contributed by atoms with Crippen molar-refractivity contribution >= 4 is 12.0 Å². The van der Waals surface area contributed by atoms with E-state index in [9.17, 15) is 9.59 Å². The topological polar surface area (TPSA) is 76.7 Å². The lowest BCUT2D eigenvalue weighted by Gasteiger charge is -2.33. The molecule has 1 heterocycles. The van der Waals surface area contributed by atoms with Crippen LogP contribution in [0, 0.1) is 0 Å². The first-order valence-corrected chi connectivity index (χ1v) is 7.05. The van der Waals surface area contributed by atoms with Gasteiger partial charge in [0.15, 0.2) is 0 Å². The van der Waals surface area contributed by atoms with Gasteiger partial charge in [-0.3, -0.25) is 4.79 Å². The molecule has 0 bridgehead atoms. The molecule has 0 aromatic carbocycles. The van der Waals surface area contributed by atoms with Crippen LogP contribution in [0.3, 0.4) is 0 Å². The van der Waals surface area contributed by atoms with Gasteiger partial charge in [-0.25, -0.2) is 4.79 Å². The van der Waals surface area contributed by atoms with E-state index in [1.807, 2.05) is 27.7 Å². The van der Waals surface area contributed by atoms with Gasteiger partial charge in [0, 0.05) is 6.92 Å². The van der Waals surface area contributed by atoms with Crippen molar-refractivity contribution in [3.05, 3.63) is 0 Å². The van der Waals surface area contributed by atoms with E-state index in [1.165, 1.54) is 6.92 Å². The normalized spacial score (nSPS) is 24.6. The average Bonchev–Trinajstić information content (AvgIpc) is 2.26. The molecule has 0 radical (unpaired) electrons. The number of carbonyl (C=O) groups excluding carboxylic acids is 2. The van der Waals surface area contributed by atoms with Gasteiger partial charge in [0.05, 0.1) is 24.8 Å². The van der Waals surface area contributed by atoms with Crippen LogP contribution < -0.4 is 10.6 Å². The minimum Gasteiger partial charge on any atom is -0.444 e. The summed E-state index contributed by atoms with van der Waals surface area (Å²) in [4.78, 5) is 22.6. The van der Waals surface area contributed by atoms with Gasteiger partial charge in [0.1, 0.15) is 5.60 Å². The molecule has 0 saturated carbocycles. The molecule has 0 aromatic heterocycles. The largest absolute Gasteiger partial charge is 0.444 e. The smallest absolute Gasteiger partial charge is 0.407 e. The number of hydrogen-bond acceptors (Lipinski definition) is 4. The Hall–Kier alpha value is -1.30. The summed E-state index contributed by atoms with van der Waals surface area (Å²) in [6.07, 6.45) is 1.19. The second-order valence-corrected chi connectivity index (χ2v) is 6.28. The molecule has 6 nitrogen and oxygen atoms in total. The van der Waals surface area contributed by atoms with Gasteiger partial charge in [-0.1, -0.05) is 0 Å². The van der Waals surface area contributed by atoms with Gasteiger partial charge in [-0.05, 0) is 40.5 Å². The van der Waals surface area contributed by atoms with Gasteiger partial charge in [0.2, 0.25) is 5.91 Å². The molecule has 2 amide bonds. The predicted octanol–water partition coefficient (Wildman–Crippen LogP) is 1.58. The van der Waals surface area contributed by atoms with Crippen molar-refractivity contribution in [3.8, 4) is 0 Å². The van der Waals surface area contributed by atoms with E-state index in [0.717, 1.165) is 12.8 Å². The molecular formula is C14H26N2O4. The molecule has 3 atom stereocenters. The maximum atomic E-state index is 11.6. The molecule has 1 saturated heterocycles. The third-order valence-corrected chi connectivity index (χ3v) is 3.02. The van der Waals surface area contributed by atoms with Crippen LogP contribution in [0.1, 0.15) is 47.5 Å². The Bertz CT molecular complexity index is 344. The van der Waals surface area contributed by atoms with Crippen LogP contribution in [0.4, 0.5) is 4.79 Å². The summed E-state index contributed by atoms with van der Waals surface area (Å²) in [5, 5.41) is 5.63. The highest BCUT2D eigenvalue weighted by atomic mass is 16.6. The van der Waals surface area contributed by atoms with Crippen LogP contribution >= 0.6 is 0 Å². The van der Waals surface area contributed by atoms with Crippen molar-refractivity contribution in [3.63, 3.8) is 0 Å². The van der Waals surface area contributed by atoms with Gasteiger partial charge in [-0.15, -0.1) is 0 Å². The number of hydrogen-bond donors (Lipinski definition) is 2. The number of nitrogens with one attached hydrogen (secondary N) is 2. The molecule has 20 heavy (non-hydrogen) atoms. The van der Waals surface area contributed by atoms with E-state index in [4.69, 9.17) is 9.47 Å². The maximum absolute atomic E-state index is 11.6. The van der Waals surface area contributed by atoms with E-state index in [-0.39, 0.29) is 24.1 Å². The molecule has 0 aromatic rings. The highest BCUT2D eigenvalue weighted by molar-refractivity contribution is 5.73. The quantitative estimate of drug-likeness (QED) is 0.826. The zero-order chi connectivity index (χ0) is 15.3. The Labute approximate surface area is 120 Å². The van der Waals surface area contributed by atoms with Crippen LogP contribution in [0.5, 0.6) is 0 Å². The zero-order valence-electron chi connectivity index (χ0n) is 13.0. The lowest BCUT2D eigenvalue weighted by molar-refractivity contribution is -0.121. The number of amides is 2. The minimum atomic E-state index is -0.498. The van der Waals surface area contributed by atoms with E-state index >= 15 is 0 Å². The van der Waals surface area contributed by atoms with Crippen molar-refractivity contribution < 1.29 is 19.1 Å². The predicted molar refractivity (Wildman–Crippen MR) is 75.4 cm³/mol. The Morgan fingerprint density at radius 2 is 1.95 bits per heavy atom. The van der Waals surface area contributed by atoms with Gasteiger partial charge in [0.25, 0.3) is 0 Å². The SMILES string of the molecule is CC(=O)N[C@H](C)[C@@H]1CC[C@@H](NC(=O)OC(C)(C)C)CO1. The van der Waals surface area contributed by atoms with Gasteiger partial charge < -0.3 is 20.1 Å². The third-order valence-electron chi connectivity index (χ3n) is 3.02. The van der Waals surface area contributed by atoms with Crippen LogP contribution in [0.25, 0.3) is 0 Å². The number of carbonyl (C=O) groups is 2. The molecule has 0 unspecified atom stereocenters. The van der Waals surface area contributed by atoms with Gasteiger partial charge >= 0.3 is 6.09 Å². The third kappa shape index (κ3) is 6.23. The van der Waals surface area contributed by atoms with Crippen LogP contribution in [-0.2, 0) is 14.3 Å². The Morgan fingerprint density at radius 3 is 2.40 bits per heavy atom. The van der Waals surface area contributed by atoms with Crippen molar-refractivity contribution in [1.82, 2.24) is 10.6 Å². The van der Waals surface area contributed by atoms with Crippen molar-refractivity contribution in [2.24, 2.45) is 0 Å². The summed E-state index contributed by atoms with van der Waals surface area (Å²) in [6.45, 7) is 9.34. The lowest BCUT2D eigenvalue weighted by Crippen LogP contribution is -2.49. The summed E-state index contributed by atoms with van der Waals surface area (Å²) >= 11 is 0. The summed E-state index contributed by atoms with van der Waals surface area (Å²) in [7, 11) is 0. The van der Waals surface area contributed by atoms with E-state index in [0.29, 0.717) is 6.61 Å². The Balaban J connectivity index is 2.32. The fourth-order valence-electron chi connectivity index (χ4n) is 2.17. The molecule has 1 rings (SSSR count). The second-order valence-electron chi connectivity index (χ2n) is 6.28. The molecular weight excluding hydrogens is 260 g/mol. The maximum Gasteiger partial charge on any atom is 0.407 e. The fraction of sp³-hybridized carbons (Fsp3) is 0.857. The molecule has 0 aliphatic carbocycles. The van der Waals surface area contributed by atoms with E-state index in [2.05, 4.69) is 10.6 Å². The molecule has 116 valence electrons. The molecule has 0 spiro atoms. The first-order chi connectivity index (χ1) is 9.17. The van der Waals surface area contributed by atoms with Crippen molar-refractivity contribution in [2.75, 3.05) is 6.61 Å². The monoisotopic (exact) mass is 286 g/mol. The summed E-state index contributed by atoms with van der Waals surface area (Å²) in [5.74, 6) is -0.0601. The summed E-state index contributed by atoms with van der Waals surface area (Å²) in [6, 6.07) is -0.0550. The highest BCUT2D eigenvalue weighted by Crippen LogP contribution is 2.17. The van der Waals surface area contributed by atoms with Crippen LogP contribution in [0.2, 0.25) is 0 Å². The van der Waals surface area contributed by atoms with Crippen LogP contribution in [0.15, 0.2) is 0 Å². The number of rotatable bonds is 3. The highest BCUT2D eigenvalue weighted by Gasteiger charge is 2.28. The minimum absolute atomic E-state index is 0.00409. The van der Waals surface area contributed by atoms with Crippen molar-refractivity contribution in [2.45, 2.75) is 71.2 Å². The zero-order valence-corrected chi connectivity index (χ0v) is 13.0. The summed E-state index contributed by atoms with van der Waals surface area (Å²) < 4.78 is 10.9. The molecule has 1 fully saturated rings. The second kappa shape index (κ2) is 6.92. The van der Waals surface area contributed by atoms with Crippen molar-refractivity contribution in [1.29, 1.82) is 0 Å². The molecule has 1 aliphatic rings. The van der Waals surface area contributed by atoms with E-state index < -0.39 is 11.7 Å². The van der Waals surface area contributed by atoms with Gasteiger partial charge in [-0.2, -0.15) is 0 Å². The first kappa shape index (κ1) is 16.8. The van der Waals surface area contributed by atoms with Crippen LogP contribution in [-0.4, -0.2) is 42.4 Å². The lowest BCUT2D eigenvalue weighted by atomic mass is 10.0. The Morgan fingerprint density at radius 1 is 1.30 bits per heavy atom. The molecule has 6 heteroatoms. The standard InChI is InChI=1S/C14H26N2O4/c1-9(15-10(2)17)12-7-6-11(8-19-12)16-13(18)20-14(3,4)5/h9,11-12H,6-8H2,1-5H3,(H,15,17)(H,16,18)/t9-,11-,12+/m1/s1. The van der Waals surface area contributed by atoms with E-state index in [1.54, 1.807) is 0 Å². The number of ether oxygens (including phenoxy) is 2. The molecule has 1 aliphatic heterocycles. The Kier molecular flexibility index (Phi) is 5.80.